The molecular formula is C22H28Cl2N4O3. The molecule has 3 aliphatic rings. The summed E-state index contributed by atoms with van der Waals surface area (Å²) in [5.41, 5.74) is 9.39. The van der Waals surface area contributed by atoms with Gasteiger partial charge >= 0.3 is 0 Å². The average Bonchev–Trinajstić information content (AvgIpc) is 3.19. The fourth-order valence-corrected chi connectivity index (χ4v) is 5.47. The molecule has 0 saturated carbocycles. The summed E-state index contributed by atoms with van der Waals surface area (Å²) in [6, 6.07) is 0. The third-order valence-corrected chi connectivity index (χ3v) is 7.19. The smallest absolute Gasteiger partial charge is 0.256 e. The van der Waals surface area contributed by atoms with Gasteiger partial charge in [-0.1, -0.05) is 17.7 Å². The van der Waals surface area contributed by atoms with Gasteiger partial charge in [0.25, 0.3) is 5.91 Å². The largest absolute Gasteiger partial charge is 0.359 e. The molecule has 2 aliphatic heterocycles. The number of carbonyl (C=O) groups is 2. The maximum absolute atomic E-state index is 13.5. The van der Waals surface area contributed by atoms with Gasteiger partial charge in [-0.05, 0) is 44.7 Å². The highest BCUT2D eigenvalue weighted by atomic mass is 35.5. The van der Waals surface area contributed by atoms with Crippen LogP contribution in [0.4, 0.5) is 0 Å². The lowest BCUT2D eigenvalue weighted by atomic mass is 9.82. The van der Waals surface area contributed by atoms with Crippen molar-refractivity contribution < 1.29 is 14.3 Å². The molecule has 168 valence electrons. The van der Waals surface area contributed by atoms with Gasteiger partial charge in [-0.15, -0.1) is 11.6 Å². The number of ether oxygens (including phenoxy) is 1. The summed E-state index contributed by atoms with van der Waals surface area (Å²) in [6.45, 7) is 7.06. The number of nitrogens with two attached hydrogens (primary N) is 1. The van der Waals surface area contributed by atoms with Crippen LogP contribution in [-0.2, 0) is 22.6 Å². The number of amides is 2. The van der Waals surface area contributed by atoms with Crippen LogP contribution in [0.15, 0.2) is 11.1 Å². The standard InChI is InChI=1S/C22H28Cl2N4O3/c1-12-15(7-25)19(14-5-4-13(23)6-16(14)24)20-17(26-12)8-27(21(20)30)9-18(29)28-11-31-10-22(28,2)3/h6,13-14H,4-5,7-11,25H2,1-3H3. The van der Waals surface area contributed by atoms with Gasteiger partial charge in [0, 0.05) is 23.2 Å². The molecule has 2 unspecified atom stereocenters. The van der Waals surface area contributed by atoms with Crippen LogP contribution in [0.3, 0.4) is 0 Å². The first-order valence-corrected chi connectivity index (χ1v) is 11.4. The summed E-state index contributed by atoms with van der Waals surface area (Å²) in [5.74, 6) is -0.478. The van der Waals surface area contributed by atoms with Gasteiger partial charge in [0.2, 0.25) is 5.91 Å². The van der Waals surface area contributed by atoms with Crippen molar-refractivity contribution in [1.82, 2.24) is 14.8 Å². The Hall–Kier alpha value is -1.67. The third kappa shape index (κ3) is 3.97. The van der Waals surface area contributed by atoms with E-state index in [0.717, 1.165) is 29.7 Å². The number of alkyl halides is 1. The van der Waals surface area contributed by atoms with Gasteiger partial charge in [0.05, 0.1) is 35.3 Å². The Balaban J connectivity index is 1.68. The Morgan fingerprint density at radius 1 is 1.39 bits per heavy atom. The molecule has 0 radical (unpaired) electrons. The van der Waals surface area contributed by atoms with E-state index < -0.39 is 5.54 Å². The number of nitrogens with zero attached hydrogens (tertiary/aromatic N) is 3. The predicted octanol–water partition coefficient (Wildman–Crippen LogP) is 3.01. The van der Waals surface area contributed by atoms with Crippen LogP contribution in [0, 0.1) is 6.92 Å². The zero-order valence-electron chi connectivity index (χ0n) is 18.1. The van der Waals surface area contributed by atoms with Crippen LogP contribution in [0.2, 0.25) is 0 Å². The summed E-state index contributed by atoms with van der Waals surface area (Å²) >= 11 is 12.9. The lowest BCUT2D eigenvalue weighted by molar-refractivity contribution is -0.135. The minimum absolute atomic E-state index is 0.0174. The van der Waals surface area contributed by atoms with E-state index in [1.54, 1.807) is 9.80 Å². The van der Waals surface area contributed by atoms with Gasteiger partial charge < -0.3 is 20.3 Å². The Kier molecular flexibility index (Phi) is 6.07. The summed E-state index contributed by atoms with van der Waals surface area (Å²) in [6.07, 6.45) is 3.34. The van der Waals surface area contributed by atoms with Crippen molar-refractivity contribution in [3.05, 3.63) is 39.2 Å². The zero-order valence-corrected chi connectivity index (χ0v) is 19.6. The topological polar surface area (TPSA) is 88.8 Å². The second-order valence-corrected chi connectivity index (χ2v) is 10.1. The van der Waals surface area contributed by atoms with E-state index in [4.69, 9.17) is 33.7 Å². The van der Waals surface area contributed by atoms with Crippen molar-refractivity contribution in [3.63, 3.8) is 0 Å². The van der Waals surface area contributed by atoms with Gasteiger partial charge in [0.1, 0.15) is 13.3 Å². The molecule has 1 fully saturated rings. The summed E-state index contributed by atoms with van der Waals surface area (Å²) in [4.78, 5) is 34.3. The van der Waals surface area contributed by atoms with Crippen molar-refractivity contribution in [2.75, 3.05) is 19.9 Å². The van der Waals surface area contributed by atoms with E-state index in [1.807, 2.05) is 26.8 Å². The van der Waals surface area contributed by atoms with Crippen LogP contribution < -0.4 is 5.73 Å². The van der Waals surface area contributed by atoms with Crippen molar-refractivity contribution in [3.8, 4) is 0 Å². The maximum Gasteiger partial charge on any atom is 0.256 e. The van der Waals surface area contributed by atoms with Gasteiger partial charge in [-0.25, -0.2) is 0 Å². The lowest BCUT2D eigenvalue weighted by Gasteiger charge is -2.30. The molecule has 2 N–H and O–H groups in total. The van der Waals surface area contributed by atoms with E-state index in [2.05, 4.69) is 4.98 Å². The highest BCUT2D eigenvalue weighted by molar-refractivity contribution is 6.32. The van der Waals surface area contributed by atoms with E-state index in [9.17, 15) is 9.59 Å². The molecule has 0 bridgehead atoms. The van der Waals surface area contributed by atoms with Gasteiger partial charge in [-0.2, -0.15) is 0 Å². The minimum atomic E-state index is -0.391. The normalized spacial score (nSPS) is 25.1. The summed E-state index contributed by atoms with van der Waals surface area (Å²) in [5, 5.41) is 0.518. The first-order valence-electron chi connectivity index (χ1n) is 10.5. The lowest BCUT2D eigenvalue weighted by Crippen LogP contribution is -2.48. The highest BCUT2D eigenvalue weighted by Gasteiger charge is 2.41. The second-order valence-electron chi connectivity index (χ2n) is 9.09. The third-order valence-electron chi connectivity index (χ3n) is 6.45. The van der Waals surface area contributed by atoms with Gasteiger partial charge in [0.15, 0.2) is 0 Å². The molecule has 1 aromatic rings. The molecule has 9 heteroatoms. The minimum Gasteiger partial charge on any atom is -0.359 e. The summed E-state index contributed by atoms with van der Waals surface area (Å²) < 4.78 is 5.46. The van der Waals surface area contributed by atoms with Crippen molar-refractivity contribution in [2.24, 2.45) is 5.73 Å². The van der Waals surface area contributed by atoms with Crippen molar-refractivity contribution >= 4 is 35.0 Å². The number of carbonyl (C=O) groups excluding carboxylic acids is 2. The second kappa shape index (κ2) is 8.35. The molecule has 2 amide bonds. The number of fused-ring (bicyclic) bond motifs is 1. The number of aromatic nitrogens is 1. The Bertz CT molecular complexity index is 963. The van der Waals surface area contributed by atoms with E-state index in [1.165, 1.54) is 0 Å². The van der Waals surface area contributed by atoms with E-state index in [0.29, 0.717) is 29.4 Å². The monoisotopic (exact) mass is 466 g/mol. The number of halogens is 2. The van der Waals surface area contributed by atoms with Gasteiger partial charge in [-0.3, -0.25) is 14.6 Å². The van der Waals surface area contributed by atoms with Crippen molar-refractivity contribution in [2.45, 2.75) is 63.5 Å². The van der Waals surface area contributed by atoms with Crippen LogP contribution >= 0.6 is 23.2 Å². The molecule has 0 spiro atoms. The Labute approximate surface area is 192 Å². The number of allylic oxidation sites excluding steroid dienone is 2. The average molecular weight is 467 g/mol. The quantitative estimate of drug-likeness (QED) is 0.688. The molecule has 31 heavy (non-hydrogen) atoms. The van der Waals surface area contributed by atoms with Crippen LogP contribution in [0.5, 0.6) is 0 Å². The molecule has 1 aliphatic carbocycles. The van der Waals surface area contributed by atoms with E-state index >= 15 is 0 Å². The molecule has 1 saturated heterocycles. The first-order chi connectivity index (χ1) is 14.6. The fourth-order valence-electron chi connectivity index (χ4n) is 4.78. The molecule has 0 aromatic carbocycles. The predicted molar refractivity (Wildman–Crippen MR) is 119 cm³/mol. The molecule has 3 heterocycles. The maximum atomic E-state index is 13.5. The first kappa shape index (κ1) is 22.5. The fraction of sp³-hybridized carbons (Fsp3) is 0.591. The van der Waals surface area contributed by atoms with Crippen LogP contribution in [0.1, 0.15) is 65.5 Å². The van der Waals surface area contributed by atoms with Crippen LogP contribution in [-0.4, -0.2) is 57.4 Å². The summed E-state index contributed by atoms with van der Waals surface area (Å²) in [7, 11) is 0. The number of rotatable bonds is 4. The number of pyridine rings is 1. The Morgan fingerprint density at radius 2 is 2.13 bits per heavy atom. The number of hydrogen-bond donors (Lipinski definition) is 1. The number of aryl methyl sites for hydroxylation is 1. The SMILES string of the molecule is Cc1nc2c(c(C3CCC(Cl)C=C3Cl)c1CN)C(=O)N(CC(=O)N1COCC1(C)C)C2. The Morgan fingerprint density at radius 3 is 2.74 bits per heavy atom. The molecular weight excluding hydrogens is 439 g/mol. The van der Waals surface area contributed by atoms with E-state index in [-0.39, 0.29) is 42.9 Å². The zero-order chi connectivity index (χ0) is 22.5. The molecule has 2 atom stereocenters. The van der Waals surface area contributed by atoms with Crippen molar-refractivity contribution in [1.29, 1.82) is 0 Å². The molecule has 7 nitrogen and oxygen atoms in total. The van der Waals surface area contributed by atoms with Crippen LogP contribution in [0.25, 0.3) is 0 Å². The molecule has 4 rings (SSSR count). The number of hydrogen-bond acceptors (Lipinski definition) is 5. The molecule has 1 aromatic heterocycles. The highest BCUT2D eigenvalue weighted by Crippen LogP contribution is 2.43.